The molecule has 0 saturated carbocycles. The lowest BCUT2D eigenvalue weighted by Gasteiger charge is -2.08. The van der Waals surface area contributed by atoms with E-state index in [1.807, 2.05) is 6.92 Å². The first kappa shape index (κ1) is 17.0. The van der Waals surface area contributed by atoms with Gasteiger partial charge in [0, 0.05) is 5.02 Å². The van der Waals surface area contributed by atoms with Crippen LogP contribution in [0.5, 0.6) is 5.75 Å². The Labute approximate surface area is 116 Å². The van der Waals surface area contributed by atoms with Crippen molar-refractivity contribution in [3.63, 3.8) is 0 Å². The van der Waals surface area contributed by atoms with E-state index in [1.165, 1.54) is 0 Å². The molecule has 0 heterocycles. The SMILES string of the molecule is CCCCOC(=O)COc1ccc(Cl)cc1Cl.O. The highest BCUT2D eigenvalue weighted by atomic mass is 35.5. The number of hydrogen-bond acceptors (Lipinski definition) is 3. The Balaban J connectivity index is 0.00000289. The molecule has 0 amide bonds. The normalized spacial score (nSPS) is 9.50. The number of benzene rings is 1. The molecule has 0 aromatic heterocycles. The van der Waals surface area contributed by atoms with Crippen molar-refractivity contribution in [2.45, 2.75) is 19.8 Å². The lowest BCUT2D eigenvalue weighted by molar-refractivity contribution is -0.146. The Hall–Kier alpha value is -0.970. The highest BCUT2D eigenvalue weighted by Gasteiger charge is 2.07. The molecule has 6 heteroatoms. The summed E-state index contributed by atoms with van der Waals surface area (Å²) in [6.45, 7) is 2.30. The maximum atomic E-state index is 11.3. The molecule has 1 rings (SSSR count). The van der Waals surface area contributed by atoms with E-state index in [4.69, 9.17) is 32.7 Å². The second kappa shape index (κ2) is 9.03. The van der Waals surface area contributed by atoms with Crippen molar-refractivity contribution in [1.82, 2.24) is 0 Å². The summed E-state index contributed by atoms with van der Waals surface area (Å²) in [4.78, 5) is 11.3. The molecule has 0 atom stereocenters. The van der Waals surface area contributed by atoms with Crippen molar-refractivity contribution in [2.75, 3.05) is 13.2 Å². The largest absolute Gasteiger partial charge is 0.480 e. The third kappa shape index (κ3) is 6.10. The van der Waals surface area contributed by atoms with Gasteiger partial charge in [-0.05, 0) is 24.6 Å². The Kier molecular flexibility index (Phi) is 8.54. The summed E-state index contributed by atoms with van der Waals surface area (Å²) in [5.74, 6) is 0.0213. The van der Waals surface area contributed by atoms with Gasteiger partial charge in [0.1, 0.15) is 5.75 Å². The van der Waals surface area contributed by atoms with Gasteiger partial charge in [-0.3, -0.25) is 0 Å². The molecule has 0 aliphatic heterocycles. The van der Waals surface area contributed by atoms with Gasteiger partial charge in [-0.25, -0.2) is 4.79 Å². The molecule has 102 valence electrons. The number of unbranched alkanes of at least 4 members (excludes halogenated alkanes) is 1. The Morgan fingerprint density at radius 3 is 2.67 bits per heavy atom. The van der Waals surface area contributed by atoms with Crippen LogP contribution in [0.4, 0.5) is 0 Å². The lowest BCUT2D eigenvalue weighted by Crippen LogP contribution is -2.15. The fourth-order valence-corrected chi connectivity index (χ4v) is 1.56. The summed E-state index contributed by atoms with van der Waals surface area (Å²) >= 11 is 11.6. The number of rotatable bonds is 6. The second-order valence-corrected chi connectivity index (χ2v) is 4.28. The van der Waals surface area contributed by atoms with Crippen LogP contribution in [0, 0.1) is 0 Å². The van der Waals surface area contributed by atoms with Crippen LogP contribution in [0.25, 0.3) is 0 Å². The van der Waals surface area contributed by atoms with Gasteiger partial charge >= 0.3 is 5.97 Å². The van der Waals surface area contributed by atoms with Crippen molar-refractivity contribution in [3.05, 3.63) is 28.2 Å². The summed E-state index contributed by atoms with van der Waals surface area (Å²) in [6, 6.07) is 4.82. The van der Waals surface area contributed by atoms with Crippen LogP contribution in [0.2, 0.25) is 10.0 Å². The van der Waals surface area contributed by atoms with Gasteiger partial charge in [0.2, 0.25) is 0 Å². The molecule has 1 aromatic rings. The zero-order valence-corrected chi connectivity index (χ0v) is 11.6. The number of carbonyl (C=O) groups excluding carboxylic acids is 1. The number of ether oxygens (including phenoxy) is 2. The maximum Gasteiger partial charge on any atom is 0.344 e. The molecule has 0 unspecified atom stereocenters. The third-order valence-corrected chi connectivity index (χ3v) is 2.53. The van der Waals surface area contributed by atoms with E-state index in [-0.39, 0.29) is 12.1 Å². The van der Waals surface area contributed by atoms with Gasteiger partial charge < -0.3 is 14.9 Å². The van der Waals surface area contributed by atoms with Crippen molar-refractivity contribution < 1.29 is 19.7 Å². The molecule has 2 N–H and O–H groups in total. The number of carbonyl (C=O) groups is 1. The fourth-order valence-electron chi connectivity index (χ4n) is 1.10. The van der Waals surface area contributed by atoms with Crippen LogP contribution >= 0.6 is 23.2 Å². The molecule has 0 spiro atoms. The van der Waals surface area contributed by atoms with Crippen LogP contribution in [-0.2, 0) is 9.53 Å². The van der Waals surface area contributed by atoms with Crippen LogP contribution in [0.15, 0.2) is 18.2 Å². The van der Waals surface area contributed by atoms with Crippen LogP contribution in [0.1, 0.15) is 19.8 Å². The summed E-state index contributed by atoms with van der Waals surface area (Å²) in [7, 11) is 0. The Bertz CT molecular complexity index is 382. The van der Waals surface area contributed by atoms with Crippen molar-refractivity contribution in [2.24, 2.45) is 0 Å². The first-order valence-corrected chi connectivity index (χ1v) is 6.12. The van der Waals surface area contributed by atoms with Gasteiger partial charge in [0.25, 0.3) is 0 Å². The fraction of sp³-hybridized carbons (Fsp3) is 0.417. The molecule has 0 fully saturated rings. The van der Waals surface area contributed by atoms with Gasteiger partial charge in [0.15, 0.2) is 6.61 Å². The van der Waals surface area contributed by atoms with E-state index < -0.39 is 5.97 Å². The van der Waals surface area contributed by atoms with Gasteiger partial charge in [-0.15, -0.1) is 0 Å². The first-order chi connectivity index (χ1) is 8.13. The average Bonchev–Trinajstić information content (AvgIpc) is 2.28. The highest BCUT2D eigenvalue weighted by molar-refractivity contribution is 6.35. The number of esters is 1. The maximum absolute atomic E-state index is 11.3. The monoisotopic (exact) mass is 294 g/mol. The zero-order chi connectivity index (χ0) is 12.7. The molecule has 0 aliphatic rings. The summed E-state index contributed by atoms with van der Waals surface area (Å²) in [6.07, 6.45) is 1.84. The second-order valence-electron chi connectivity index (χ2n) is 3.44. The van der Waals surface area contributed by atoms with Crippen LogP contribution < -0.4 is 4.74 Å². The zero-order valence-electron chi connectivity index (χ0n) is 10.0. The van der Waals surface area contributed by atoms with Gasteiger partial charge in [-0.1, -0.05) is 36.5 Å². The predicted molar refractivity (Wildman–Crippen MR) is 71.4 cm³/mol. The summed E-state index contributed by atoms with van der Waals surface area (Å²) < 4.78 is 10.2. The minimum absolute atomic E-state index is 0. The van der Waals surface area contributed by atoms with E-state index in [9.17, 15) is 4.79 Å². The highest BCUT2D eigenvalue weighted by Crippen LogP contribution is 2.27. The van der Waals surface area contributed by atoms with Crippen molar-refractivity contribution >= 4 is 29.2 Å². The van der Waals surface area contributed by atoms with E-state index in [1.54, 1.807) is 18.2 Å². The molecule has 18 heavy (non-hydrogen) atoms. The van der Waals surface area contributed by atoms with E-state index in [0.29, 0.717) is 22.4 Å². The van der Waals surface area contributed by atoms with Crippen LogP contribution in [0.3, 0.4) is 0 Å². The Morgan fingerprint density at radius 2 is 2.06 bits per heavy atom. The van der Waals surface area contributed by atoms with E-state index >= 15 is 0 Å². The van der Waals surface area contributed by atoms with Crippen LogP contribution in [-0.4, -0.2) is 24.7 Å². The minimum atomic E-state index is -0.399. The number of halogens is 2. The summed E-state index contributed by atoms with van der Waals surface area (Å²) in [5.41, 5.74) is 0. The quantitative estimate of drug-likeness (QED) is 0.598. The van der Waals surface area contributed by atoms with Crippen molar-refractivity contribution in [3.8, 4) is 5.75 Å². The van der Waals surface area contributed by atoms with E-state index in [0.717, 1.165) is 12.8 Å². The molecule has 0 aliphatic carbocycles. The molecule has 1 aromatic carbocycles. The molecule has 4 nitrogen and oxygen atoms in total. The molecule has 0 radical (unpaired) electrons. The first-order valence-electron chi connectivity index (χ1n) is 5.37. The molecule has 0 bridgehead atoms. The lowest BCUT2D eigenvalue weighted by atomic mass is 10.3. The average molecular weight is 295 g/mol. The molecule has 0 saturated heterocycles. The molecular weight excluding hydrogens is 279 g/mol. The standard InChI is InChI=1S/C12H14Cl2O3.H2O/c1-2-3-6-16-12(15)8-17-11-5-4-9(13)7-10(11)14;/h4-5,7H,2-3,6,8H2,1H3;1H2. The minimum Gasteiger partial charge on any atom is -0.480 e. The molecular formula is C12H16Cl2O4. The number of hydrogen-bond donors (Lipinski definition) is 0. The van der Waals surface area contributed by atoms with Gasteiger partial charge in [-0.2, -0.15) is 0 Å². The topological polar surface area (TPSA) is 67.0 Å². The summed E-state index contributed by atoms with van der Waals surface area (Å²) in [5, 5.41) is 0.895. The Morgan fingerprint density at radius 1 is 1.33 bits per heavy atom. The predicted octanol–water partition coefficient (Wildman–Crippen LogP) is 2.89. The third-order valence-electron chi connectivity index (χ3n) is 2.00. The van der Waals surface area contributed by atoms with Gasteiger partial charge in [0.05, 0.1) is 11.6 Å². The smallest absolute Gasteiger partial charge is 0.344 e. The van der Waals surface area contributed by atoms with E-state index in [2.05, 4.69) is 0 Å². The van der Waals surface area contributed by atoms with Crippen molar-refractivity contribution in [1.29, 1.82) is 0 Å².